The summed E-state index contributed by atoms with van der Waals surface area (Å²) >= 11 is 0. The minimum atomic E-state index is -1.62. The molecule has 3 aromatic heterocycles. The molecular formula is C52H72N10O13. The number of aromatic nitrogens is 4. The number of nitrogens with zero attached hydrogens (tertiary/aromatic N) is 2. The molecule has 23 heteroatoms. The Morgan fingerprint density at radius 1 is 0.827 bits per heavy atom. The second-order valence-corrected chi connectivity index (χ2v) is 20.5. The molecule has 0 aromatic carbocycles. The number of hydrogen-bond donors (Lipinski definition) is 14. The summed E-state index contributed by atoms with van der Waals surface area (Å²) in [6.07, 6.45) is -10.6. The number of rotatable bonds is 15. The number of aromatic carboxylic acids is 1. The number of carbonyl (C=O) groups excluding carboxylic acids is 1. The van der Waals surface area contributed by atoms with Crippen molar-refractivity contribution in [3.05, 3.63) is 81.4 Å². The molecule has 4 aliphatic heterocycles. The highest BCUT2D eigenvalue weighted by molar-refractivity contribution is 6.02. The van der Waals surface area contributed by atoms with Crippen molar-refractivity contribution in [2.45, 2.75) is 171 Å². The van der Waals surface area contributed by atoms with Crippen molar-refractivity contribution < 1.29 is 64.0 Å². The van der Waals surface area contributed by atoms with Crippen LogP contribution in [0.3, 0.4) is 0 Å². The summed E-state index contributed by atoms with van der Waals surface area (Å²) in [5.74, 6) is -4.02. The predicted octanol–water partition coefficient (Wildman–Crippen LogP) is 0.445. The van der Waals surface area contributed by atoms with E-state index in [0.29, 0.717) is 40.3 Å². The molecule has 3 aromatic rings. The molecular weight excluding hydrogens is 973 g/mol. The van der Waals surface area contributed by atoms with Crippen LogP contribution in [0.2, 0.25) is 0 Å². The maximum atomic E-state index is 13.9. The van der Waals surface area contributed by atoms with Gasteiger partial charge in [0.05, 0.1) is 65.0 Å². The average Bonchev–Trinajstić information content (AvgIpc) is 4.05. The van der Waals surface area contributed by atoms with E-state index in [2.05, 4.69) is 21.9 Å². The monoisotopic (exact) mass is 1040 g/mol. The summed E-state index contributed by atoms with van der Waals surface area (Å²) in [5.41, 5.74) is 39.4. The maximum Gasteiger partial charge on any atom is 0.338 e. The van der Waals surface area contributed by atoms with Crippen molar-refractivity contribution in [2.24, 2.45) is 28.7 Å². The lowest BCUT2D eigenvalue weighted by Crippen LogP contribution is -2.68. The van der Waals surface area contributed by atoms with E-state index in [1.807, 2.05) is 45.9 Å². The van der Waals surface area contributed by atoms with Gasteiger partial charge < -0.3 is 93.5 Å². The van der Waals surface area contributed by atoms with Crippen molar-refractivity contribution >= 4 is 51.1 Å². The first kappa shape index (κ1) is 55.7. The molecule has 16 atom stereocenters. The zero-order valence-corrected chi connectivity index (χ0v) is 42.7. The van der Waals surface area contributed by atoms with Gasteiger partial charge >= 0.3 is 11.9 Å². The van der Waals surface area contributed by atoms with Crippen LogP contribution in [0.1, 0.15) is 114 Å². The number of carboxylic acid groups (broad SMARTS) is 2. The van der Waals surface area contributed by atoms with Crippen molar-refractivity contribution in [3.63, 3.8) is 0 Å². The second kappa shape index (κ2) is 22.6. The minimum absolute atomic E-state index is 0.0112. The van der Waals surface area contributed by atoms with Crippen LogP contribution in [0.25, 0.3) is 33.2 Å². The lowest BCUT2D eigenvalue weighted by Gasteiger charge is -2.48. The number of aryl methyl sites for hydroxylation is 3. The van der Waals surface area contributed by atoms with Gasteiger partial charge in [0.2, 0.25) is 5.91 Å². The van der Waals surface area contributed by atoms with Crippen LogP contribution in [0.5, 0.6) is 0 Å². The van der Waals surface area contributed by atoms with Gasteiger partial charge in [0, 0.05) is 76.8 Å². The normalized spacial score (nSPS) is 32.1. The Balaban J connectivity index is 1.06. The highest BCUT2D eigenvalue weighted by atomic mass is 16.7. The first-order valence-electron chi connectivity index (χ1n) is 25.4. The number of nitrogens with two attached hydrogens (primary N) is 5. The highest BCUT2D eigenvalue weighted by Gasteiger charge is 2.50. The molecule has 8 rings (SSSR count). The zero-order valence-electron chi connectivity index (χ0n) is 42.7. The molecule has 3 fully saturated rings. The van der Waals surface area contributed by atoms with Crippen LogP contribution < -0.4 is 34.0 Å². The van der Waals surface area contributed by atoms with Crippen LogP contribution in [0.15, 0.2) is 30.9 Å². The van der Waals surface area contributed by atoms with Crippen molar-refractivity contribution in [3.8, 4) is 0 Å². The molecule has 5 aliphatic rings. The Morgan fingerprint density at radius 3 is 2.13 bits per heavy atom. The van der Waals surface area contributed by atoms with Gasteiger partial charge in [-0.05, 0) is 86.9 Å². The summed E-state index contributed by atoms with van der Waals surface area (Å²) in [7, 11) is 0. The molecule has 1 saturated carbocycles. The molecule has 23 nitrogen and oxygen atoms in total. The van der Waals surface area contributed by atoms with Gasteiger partial charge in [-0.1, -0.05) is 26.5 Å². The average molecular weight is 1050 g/mol. The van der Waals surface area contributed by atoms with Gasteiger partial charge in [-0.15, -0.1) is 0 Å². The molecule has 19 N–H and O–H groups in total. The number of hydrogen-bond acceptors (Lipinski definition) is 18. The number of amides is 1. The quantitative estimate of drug-likeness (QED) is 0.0982. The number of aliphatic hydroxyl groups excluding tert-OH is 4. The molecule has 0 spiro atoms. The molecule has 75 heavy (non-hydrogen) atoms. The lowest BCUT2D eigenvalue weighted by molar-refractivity contribution is -0.311. The van der Waals surface area contributed by atoms with E-state index in [-0.39, 0.29) is 55.4 Å². The van der Waals surface area contributed by atoms with Crippen LogP contribution in [-0.4, -0.2) is 167 Å². The Morgan fingerprint density at radius 2 is 1.49 bits per heavy atom. The number of aliphatic hydroxyl groups is 4. The maximum absolute atomic E-state index is 13.9. The Labute approximate surface area is 432 Å². The topological polar surface area (TPSA) is 409 Å². The molecule has 408 valence electrons. The highest BCUT2D eigenvalue weighted by Crippen LogP contribution is 2.43. The first-order valence-corrected chi connectivity index (χ1v) is 25.4. The van der Waals surface area contributed by atoms with Crippen LogP contribution in [0.4, 0.5) is 0 Å². The van der Waals surface area contributed by atoms with E-state index in [1.165, 1.54) is 0 Å². The number of fused-ring (bicyclic) bond motifs is 8. The summed E-state index contributed by atoms with van der Waals surface area (Å²) < 4.78 is 24.0. The number of carboxylic acids is 2. The number of ether oxygens (including phenoxy) is 4. The third-order valence-electron chi connectivity index (χ3n) is 15.7. The van der Waals surface area contributed by atoms with Gasteiger partial charge in [-0.25, -0.2) is 9.78 Å². The van der Waals surface area contributed by atoms with Gasteiger partial charge in [0.1, 0.15) is 30.5 Å². The van der Waals surface area contributed by atoms with E-state index >= 15 is 0 Å². The summed E-state index contributed by atoms with van der Waals surface area (Å²) in [5, 5.41) is 68.2. The number of allylic oxidation sites excluding steroid dienone is 3. The Hall–Kier alpha value is -5.51. The number of H-pyrrole nitrogens is 2. The van der Waals surface area contributed by atoms with Gasteiger partial charge in [-0.2, -0.15) is 0 Å². The molecule has 1 amide bonds. The van der Waals surface area contributed by atoms with E-state index in [4.69, 9.17) is 57.6 Å². The lowest BCUT2D eigenvalue weighted by atomic mass is 9.84. The predicted molar refractivity (Wildman–Crippen MR) is 276 cm³/mol. The number of aliphatic carboxylic acids is 1. The molecule has 0 radical (unpaired) electrons. The first-order chi connectivity index (χ1) is 35.6. The zero-order chi connectivity index (χ0) is 54.5. The number of carbonyl (C=O) groups is 3. The van der Waals surface area contributed by atoms with E-state index < -0.39 is 122 Å². The number of nitrogens with one attached hydrogen (secondary N) is 3. The van der Waals surface area contributed by atoms with Gasteiger partial charge in [-0.3, -0.25) is 14.6 Å². The Bertz CT molecular complexity index is 2890. The molecule has 7 heterocycles. The summed E-state index contributed by atoms with van der Waals surface area (Å²) in [6, 6.07) is 1.81. The van der Waals surface area contributed by atoms with E-state index in [0.717, 1.165) is 33.3 Å². The molecule has 8 bridgehead atoms. The summed E-state index contributed by atoms with van der Waals surface area (Å²) in [4.78, 5) is 56.7. The van der Waals surface area contributed by atoms with E-state index in [1.54, 1.807) is 13.0 Å². The van der Waals surface area contributed by atoms with Crippen molar-refractivity contribution in [1.29, 1.82) is 0 Å². The van der Waals surface area contributed by atoms with Crippen molar-refractivity contribution in [1.82, 2.24) is 25.3 Å². The van der Waals surface area contributed by atoms with Gasteiger partial charge in [0.25, 0.3) is 0 Å². The SMILES string of the molecule is C=CC1=C(C)c2cc3nc(c(CC(=O)O)c4[nH]c(cc5[nH]c(cc1n2)c(C)c5CC)c(C)c4C(=O)O)[C@@H](CCC(=O)NCC1OC(OC2C(N)CC(N)C(OC4OC(CN)C(O)CC4N)C2O)C(O)C(N)C1O)[C@@H]3C. The standard InChI is InChI=1S/C52H72N10O13/c1-7-23-19(3)30-14-32-21(5)25(43(61-32)26(11-40(65)66)44-41(50(70)71)22(6)33(62-44)16-35-24(8-2)20(4)31(60-35)15-34(23)59-30)9-10-39(64)58-18-38-45(67)42(57)46(68)52(73-38)75-49-28(55)12-27(54)48(47(49)69)74-51-29(56)13-36(63)37(17-53)72-51/h7,14-16,21,25,27-29,36-38,42,45-49,51-52,60,62-63,67-69H,1,8-13,17-18,53-57H2,2-6H3,(H,58,64)(H,65,66)(H,70,71)/t21-,25-,27?,28?,29?,36?,37?,38?,42?,45?,46?,47?,48?,49?,51?,52?/m0/s1. The molecule has 14 unspecified atom stereocenters. The summed E-state index contributed by atoms with van der Waals surface area (Å²) in [6.45, 7) is 13.3. The largest absolute Gasteiger partial charge is 0.481 e. The van der Waals surface area contributed by atoms with Crippen LogP contribution in [0, 0.1) is 13.8 Å². The fraction of sp³-hybridized carbons (Fsp3) is 0.558. The van der Waals surface area contributed by atoms with Gasteiger partial charge in [0.15, 0.2) is 12.6 Å². The van der Waals surface area contributed by atoms with E-state index in [9.17, 15) is 45.0 Å². The minimum Gasteiger partial charge on any atom is -0.481 e. The van der Waals surface area contributed by atoms with Crippen LogP contribution >= 0.6 is 0 Å². The Kier molecular flexibility index (Phi) is 16.8. The molecule has 1 aliphatic carbocycles. The number of aromatic amines is 2. The third-order valence-corrected chi connectivity index (χ3v) is 15.7. The smallest absolute Gasteiger partial charge is 0.338 e. The third kappa shape index (κ3) is 10.9. The van der Waals surface area contributed by atoms with Crippen LogP contribution in [-0.2, 0) is 41.4 Å². The molecule has 2 saturated heterocycles. The fourth-order valence-electron chi connectivity index (χ4n) is 11.3. The van der Waals surface area contributed by atoms with Crippen molar-refractivity contribution in [2.75, 3.05) is 13.1 Å². The second-order valence-electron chi connectivity index (χ2n) is 20.5. The fourth-order valence-corrected chi connectivity index (χ4v) is 11.3.